The van der Waals surface area contributed by atoms with Crippen LogP contribution in [0.25, 0.3) is 0 Å². The zero-order valence-electron chi connectivity index (χ0n) is 12.0. The largest absolute Gasteiger partial charge is 0.349 e. The molecule has 1 atom stereocenters. The Hall–Kier alpha value is -1.95. The molecule has 3 rings (SSSR count). The minimum Gasteiger partial charge on any atom is -0.349 e. The summed E-state index contributed by atoms with van der Waals surface area (Å²) in [7, 11) is 1.97. The van der Waals surface area contributed by atoms with Crippen LogP contribution >= 0.6 is 0 Å². The lowest BCUT2D eigenvalue weighted by Gasteiger charge is -2.36. The van der Waals surface area contributed by atoms with Crippen LogP contribution in [-0.2, 0) is 13.5 Å². The minimum atomic E-state index is 0.392. The molecule has 2 aromatic heterocycles. The van der Waals surface area contributed by atoms with E-state index in [4.69, 9.17) is 0 Å². The molecule has 3 heterocycles. The Morgan fingerprint density at radius 1 is 1.40 bits per heavy atom. The number of nitrogens with zero attached hydrogens (tertiary/aromatic N) is 5. The second-order valence-electron chi connectivity index (χ2n) is 5.23. The zero-order chi connectivity index (χ0) is 13.9. The topological polar surface area (TPSA) is 58.9 Å². The van der Waals surface area contributed by atoms with E-state index in [0.29, 0.717) is 6.04 Å². The van der Waals surface area contributed by atoms with Crippen LogP contribution in [0.4, 0.5) is 5.82 Å². The summed E-state index contributed by atoms with van der Waals surface area (Å²) in [5.74, 6) is 0.959. The molecule has 6 nitrogen and oxygen atoms in total. The van der Waals surface area contributed by atoms with E-state index < -0.39 is 0 Å². The van der Waals surface area contributed by atoms with Crippen molar-refractivity contribution in [3.63, 3.8) is 0 Å². The van der Waals surface area contributed by atoms with E-state index in [0.717, 1.165) is 37.6 Å². The van der Waals surface area contributed by atoms with E-state index in [9.17, 15) is 0 Å². The third-order valence-corrected chi connectivity index (χ3v) is 3.76. The lowest BCUT2D eigenvalue weighted by molar-refractivity contribution is 0.469. The first kappa shape index (κ1) is 13.1. The van der Waals surface area contributed by atoms with Crippen LogP contribution < -0.4 is 10.2 Å². The predicted molar refractivity (Wildman–Crippen MR) is 77.7 cm³/mol. The van der Waals surface area contributed by atoms with E-state index in [2.05, 4.69) is 38.4 Å². The number of anilines is 1. The Morgan fingerprint density at radius 3 is 3.00 bits per heavy atom. The van der Waals surface area contributed by atoms with E-state index in [-0.39, 0.29) is 0 Å². The van der Waals surface area contributed by atoms with E-state index in [1.165, 1.54) is 5.56 Å². The Morgan fingerprint density at radius 2 is 2.30 bits per heavy atom. The number of piperazine rings is 1. The molecule has 0 radical (unpaired) electrons. The fourth-order valence-electron chi connectivity index (χ4n) is 2.79. The quantitative estimate of drug-likeness (QED) is 0.884. The van der Waals surface area contributed by atoms with Gasteiger partial charge in [0.25, 0.3) is 0 Å². The van der Waals surface area contributed by atoms with Gasteiger partial charge in [-0.2, -0.15) is 5.10 Å². The standard InChI is InChI=1S/C14H20N6/c1-11-12(10-19(2)18-11)7-13-8-16-5-6-20(13)14-9-15-3-4-17-14/h3-4,9-10,13,16H,5-8H2,1-2H3. The van der Waals surface area contributed by atoms with Gasteiger partial charge in [-0.1, -0.05) is 0 Å². The highest BCUT2D eigenvalue weighted by molar-refractivity contribution is 5.38. The molecule has 1 aliphatic rings. The zero-order valence-corrected chi connectivity index (χ0v) is 12.0. The molecule has 20 heavy (non-hydrogen) atoms. The highest BCUT2D eigenvalue weighted by atomic mass is 15.3. The maximum atomic E-state index is 4.44. The lowest BCUT2D eigenvalue weighted by atomic mass is 10.0. The van der Waals surface area contributed by atoms with Gasteiger partial charge in [0, 0.05) is 51.3 Å². The van der Waals surface area contributed by atoms with Crippen molar-refractivity contribution in [1.82, 2.24) is 25.1 Å². The van der Waals surface area contributed by atoms with Crippen molar-refractivity contribution in [2.45, 2.75) is 19.4 Å². The summed E-state index contributed by atoms with van der Waals surface area (Å²) in [6, 6.07) is 0.392. The van der Waals surface area contributed by atoms with Gasteiger partial charge in [0.1, 0.15) is 5.82 Å². The molecule has 1 aliphatic heterocycles. The Kier molecular flexibility index (Phi) is 3.64. The van der Waals surface area contributed by atoms with Crippen molar-refractivity contribution in [2.24, 2.45) is 7.05 Å². The smallest absolute Gasteiger partial charge is 0.147 e. The van der Waals surface area contributed by atoms with Crippen LogP contribution in [0.15, 0.2) is 24.8 Å². The van der Waals surface area contributed by atoms with E-state index in [1.807, 2.05) is 17.9 Å². The summed E-state index contributed by atoms with van der Waals surface area (Å²) >= 11 is 0. The summed E-state index contributed by atoms with van der Waals surface area (Å²) in [4.78, 5) is 11.0. The number of hydrogen-bond donors (Lipinski definition) is 1. The molecule has 0 amide bonds. The number of rotatable bonds is 3. The number of hydrogen-bond acceptors (Lipinski definition) is 5. The van der Waals surface area contributed by atoms with Crippen molar-refractivity contribution >= 4 is 5.82 Å². The molecule has 1 N–H and O–H groups in total. The fraction of sp³-hybridized carbons (Fsp3) is 0.500. The third-order valence-electron chi connectivity index (χ3n) is 3.76. The van der Waals surface area contributed by atoms with Crippen LogP contribution in [0.5, 0.6) is 0 Å². The average molecular weight is 272 g/mol. The Balaban J connectivity index is 1.81. The lowest BCUT2D eigenvalue weighted by Crippen LogP contribution is -2.52. The molecule has 0 aliphatic carbocycles. The van der Waals surface area contributed by atoms with Gasteiger partial charge in [-0.3, -0.25) is 9.67 Å². The van der Waals surface area contributed by atoms with Gasteiger partial charge in [-0.25, -0.2) is 4.98 Å². The third kappa shape index (κ3) is 2.65. The maximum absolute atomic E-state index is 4.44. The molecule has 1 unspecified atom stereocenters. The molecule has 0 saturated carbocycles. The molecule has 0 aromatic carbocycles. The molecule has 1 fully saturated rings. The number of nitrogens with one attached hydrogen (secondary N) is 1. The normalized spacial score (nSPS) is 19.3. The van der Waals surface area contributed by atoms with Gasteiger partial charge in [-0.15, -0.1) is 0 Å². The summed E-state index contributed by atoms with van der Waals surface area (Å²) < 4.78 is 1.88. The predicted octanol–water partition coefficient (Wildman–Crippen LogP) is 0.539. The van der Waals surface area contributed by atoms with E-state index >= 15 is 0 Å². The number of aryl methyl sites for hydroxylation is 2. The highest BCUT2D eigenvalue weighted by Gasteiger charge is 2.24. The van der Waals surface area contributed by atoms with Crippen LogP contribution in [0.2, 0.25) is 0 Å². The summed E-state index contributed by atoms with van der Waals surface area (Å²) in [5.41, 5.74) is 2.41. The van der Waals surface area contributed by atoms with Crippen molar-refractivity contribution in [3.8, 4) is 0 Å². The monoisotopic (exact) mass is 272 g/mol. The van der Waals surface area contributed by atoms with Crippen LogP contribution in [0.1, 0.15) is 11.3 Å². The molecule has 106 valence electrons. The Bertz CT molecular complexity index is 564. The van der Waals surface area contributed by atoms with Crippen LogP contribution in [0.3, 0.4) is 0 Å². The van der Waals surface area contributed by atoms with Crippen molar-refractivity contribution < 1.29 is 0 Å². The van der Waals surface area contributed by atoms with Crippen LogP contribution in [-0.4, -0.2) is 45.4 Å². The van der Waals surface area contributed by atoms with Crippen molar-refractivity contribution in [2.75, 3.05) is 24.5 Å². The first-order valence-corrected chi connectivity index (χ1v) is 6.96. The molecular weight excluding hydrogens is 252 g/mol. The molecular formula is C14H20N6. The molecule has 0 spiro atoms. The maximum Gasteiger partial charge on any atom is 0.147 e. The minimum absolute atomic E-state index is 0.392. The molecule has 6 heteroatoms. The van der Waals surface area contributed by atoms with Gasteiger partial charge in [-0.05, 0) is 18.9 Å². The summed E-state index contributed by atoms with van der Waals surface area (Å²) in [6.45, 7) is 4.98. The van der Waals surface area contributed by atoms with Gasteiger partial charge in [0.05, 0.1) is 11.9 Å². The average Bonchev–Trinajstić information content (AvgIpc) is 2.78. The first-order chi connectivity index (χ1) is 9.74. The Labute approximate surface area is 118 Å². The summed E-state index contributed by atoms with van der Waals surface area (Å²) in [6.07, 6.45) is 8.40. The second-order valence-corrected chi connectivity index (χ2v) is 5.23. The first-order valence-electron chi connectivity index (χ1n) is 6.96. The fourth-order valence-corrected chi connectivity index (χ4v) is 2.79. The van der Waals surface area contributed by atoms with Gasteiger partial charge < -0.3 is 10.2 Å². The highest BCUT2D eigenvalue weighted by Crippen LogP contribution is 2.18. The van der Waals surface area contributed by atoms with Crippen LogP contribution in [0, 0.1) is 6.92 Å². The molecule has 0 bridgehead atoms. The number of aromatic nitrogens is 4. The van der Waals surface area contributed by atoms with E-state index in [1.54, 1.807) is 12.4 Å². The molecule has 2 aromatic rings. The van der Waals surface area contributed by atoms with Crippen molar-refractivity contribution in [3.05, 3.63) is 36.0 Å². The SMILES string of the molecule is Cc1nn(C)cc1CC1CNCCN1c1cnccn1. The van der Waals surface area contributed by atoms with Gasteiger partial charge >= 0.3 is 0 Å². The van der Waals surface area contributed by atoms with Gasteiger partial charge in [0.2, 0.25) is 0 Å². The summed E-state index contributed by atoms with van der Waals surface area (Å²) in [5, 5.41) is 7.89. The van der Waals surface area contributed by atoms with Gasteiger partial charge in [0.15, 0.2) is 0 Å². The second kappa shape index (κ2) is 5.58. The van der Waals surface area contributed by atoms with Crippen molar-refractivity contribution in [1.29, 1.82) is 0 Å². The molecule has 1 saturated heterocycles.